The van der Waals surface area contributed by atoms with Crippen LogP contribution in [0, 0.1) is 0 Å². The minimum Gasteiger partial charge on any atom is -0.308 e. The van der Waals surface area contributed by atoms with Crippen molar-refractivity contribution in [3.05, 3.63) is 22.4 Å². The van der Waals surface area contributed by atoms with Crippen LogP contribution in [0.5, 0.6) is 0 Å². The Morgan fingerprint density at radius 1 is 1.50 bits per heavy atom. The molecule has 2 rings (SSSR count). The van der Waals surface area contributed by atoms with Crippen molar-refractivity contribution in [1.82, 2.24) is 10.2 Å². The highest BCUT2D eigenvalue weighted by Crippen LogP contribution is 2.27. The van der Waals surface area contributed by atoms with E-state index >= 15 is 0 Å². The summed E-state index contributed by atoms with van der Waals surface area (Å²) >= 11 is 1.54. The molecule has 86 valence electrons. The second-order valence-corrected chi connectivity index (χ2v) is 4.58. The normalized spacial score (nSPS) is 20.3. The number of thiophene rings is 1. The lowest BCUT2D eigenvalue weighted by molar-refractivity contribution is -0.121. The number of rotatable bonds is 4. The summed E-state index contributed by atoms with van der Waals surface area (Å²) in [6, 6.07) is 1.20. The van der Waals surface area contributed by atoms with E-state index in [0.717, 1.165) is 18.4 Å². The van der Waals surface area contributed by atoms with Crippen molar-refractivity contribution in [1.29, 1.82) is 0 Å². The van der Waals surface area contributed by atoms with Crippen molar-refractivity contribution in [2.45, 2.75) is 25.8 Å². The number of amides is 3. The number of nitrogens with zero attached hydrogens (tertiary/aromatic N) is 1. The third-order valence-electron chi connectivity index (χ3n) is 2.66. The first-order valence-corrected chi connectivity index (χ1v) is 6.32. The Morgan fingerprint density at radius 3 is 2.94 bits per heavy atom. The van der Waals surface area contributed by atoms with Crippen LogP contribution < -0.4 is 5.32 Å². The Morgan fingerprint density at radius 2 is 2.31 bits per heavy atom. The molecular formula is C11H14N2O2S. The Balaban J connectivity index is 2.19. The zero-order chi connectivity index (χ0) is 11.5. The molecule has 2 heterocycles. The van der Waals surface area contributed by atoms with Crippen molar-refractivity contribution in [2.75, 3.05) is 6.54 Å². The summed E-state index contributed by atoms with van der Waals surface area (Å²) in [7, 11) is 0. The molecule has 1 N–H and O–H groups in total. The third kappa shape index (κ3) is 1.95. The van der Waals surface area contributed by atoms with Gasteiger partial charge in [0.1, 0.15) is 6.04 Å². The molecule has 0 aliphatic carbocycles. The minimum absolute atomic E-state index is 0.209. The zero-order valence-corrected chi connectivity index (χ0v) is 9.92. The average molecular weight is 238 g/mol. The maximum Gasteiger partial charge on any atom is 0.325 e. The van der Waals surface area contributed by atoms with Gasteiger partial charge in [0.25, 0.3) is 5.91 Å². The van der Waals surface area contributed by atoms with E-state index in [1.807, 2.05) is 16.8 Å². The summed E-state index contributed by atoms with van der Waals surface area (Å²) in [5.41, 5.74) is 0.907. The lowest BCUT2D eigenvalue weighted by Gasteiger charge is -2.20. The molecule has 0 radical (unpaired) electrons. The Kier molecular flexibility index (Phi) is 3.24. The molecule has 0 spiro atoms. The Labute approximate surface area is 98.3 Å². The van der Waals surface area contributed by atoms with Crippen molar-refractivity contribution in [3.8, 4) is 0 Å². The summed E-state index contributed by atoms with van der Waals surface area (Å²) in [6.45, 7) is 2.70. The van der Waals surface area contributed by atoms with Gasteiger partial charge in [-0.15, -0.1) is 0 Å². The molecule has 1 saturated heterocycles. The van der Waals surface area contributed by atoms with E-state index in [4.69, 9.17) is 0 Å². The highest BCUT2D eigenvalue weighted by molar-refractivity contribution is 7.08. The van der Waals surface area contributed by atoms with Gasteiger partial charge < -0.3 is 4.90 Å². The van der Waals surface area contributed by atoms with Gasteiger partial charge in [-0.2, -0.15) is 11.3 Å². The van der Waals surface area contributed by atoms with E-state index in [0.29, 0.717) is 6.54 Å². The zero-order valence-electron chi connectivity index (χ0n) is 9.10. The molecule has 0 unspecified atom stereocenters. The van der Waals surface area contributed by atoms with Gasteiger partial charge in [-0.25, -0.2) is 4.79 Å². The molecule has 0 aromatic carbocycles. The molecule has 1 aliphatic rings. The molecule has 0 saturated carbocycles. The predicted molar refractivity (Wildman–Crippen MR) is 62.2 cm³/mol. The van der Waals surface area contributed by atoms with Gasteiger partial charge >= 0.3 is 6.03 Å². The average Bonchev–Trinajstić information content (AvgIpc) is 2.83. The predicted octanol–water partition coefficient (Wildman–Crippen LogP) is 2.14. The van der Waals surface area contributed by atoms with Crippen LogP contribution in [0.4, 0.5) is 4.79 Å². The molecule has 1 aliphatic heterocycles. The van der Waals surface area contributed by atoms with E-state index in [1.165, 1.54) is 11.3 Å². The van der Waals surface area contributed by atoms with Crippen LogP contribution in [0.15, 0.2) is 16.8 Å². The fraction of sp³-hybridized carbons (Fsp3) is 0.455. The maximum atomic E-state index is 11.7. The molecule has 1 aromatic rings. The first kappa shape index (κ1) is 11.1. The monoisotopic (exact) mass is 238 g/mol. The highest BCUT2D eigenvalue weighted by Gasteiger charge is 2.38. The molecule has 0 bridgehead atoms. The number of hydrogen-bond acceptors (Lipinski definition) is 3. The van der Waals surface area contributed by atoms with Crippen LogP contribution in [-0.2, 0) is 4.79 Å². The Hall–Kier alpha value is -1.36. The molecule has 5 heteroatoms. The molecule has 1 fully saturated rings. The van der Waals surface area contributed by atoms with E-state index in [1.54, 1.807) is 4.90 Å². The van der Waals surface area contributed by atoms with E-state index in [9.17, 15) is 9.59 Å². The van der Waals surface area contributed by atoms with Gasteiger partial charge in [-0.3, -0.25) is 10.1 Å². The van der Waals surface area contributed by atoms with Gasteiger partial charge in [-0.05, 0) is 28.8 Å². The number of carbonyl (C=O) groups is 2. The summed E-state index contributed by atoms with van der Waals surface area (Å²) in [5, 5.41) is 6.21. The summed E-state index contributed by atoms with van der Waals surface area (Å²) in [6.07, 6.45) is 1.93. The van der Waals surface area contributed by atoms with E-state index in [2.05, 4.69) is 12.2 Å². The highest BCUT2D eigenvalue weighted by atomic mass is 32.1. The number of nitrogens with one attached hydrogen (secondary N) is 1. The molecule has 1 atom stereocenters. The second kappa shape index (κ2) is 4.65. The smallest absolute Gasteiger partial charge is 0.308 e. The van der Waals surface area contributed by atoms with Crippen LogP contribution in [0.2, 0.25) is 0 Å². The molecule has 4 nitrogen and oxygen atoms in total. The third-order valence-corrected chi connectivity index (χ3v) is 3.36. The fourth-order valence-electron chi connectivity index (χ4n) is 1.83. The quantitative estimate of drug-likeness (QED) is 0.817. The summed E-state index contributed by atoms with van der Waals surface area (Å²) in [5.74, 6) is -0.209. The number of imide groups is 1. The van der Waals surface area contributed by atoms with E-state index < -0.39 is 6.04 Å². The molecule has 16 heavy (non-hydrogen) atoms. The number of hydrogen-bond donors (Lipinski definition) is 1. The lowest BCUT2D eigenvalue weighted by atomic mass is 10.1. The van der Waals surface area contributed by atoms with Crippen LogP contribution in [0.25, 0.3) is 0 Å². The van der Waals surface area contributed by atoms with Crippen molar-refractivity contribution < 1.29 is 9.59 Å². The summed E-state index contributed by atoms with van der Waals surface area (Å²) < 4.78 is 0. The van der Waals surface area contributed by atoms with Crippen molar-refractivity contribution in [2.24, 2.45) is 0 Å². The van der Waals surface area contributed by atoms with Gasteiger partial charge in [-0.1, -0.05) is 13.3 Å². The van der Waals surface area contributed by atoms with Crippen molar-refractivity contribution in [3.63, 3.8) is 0 Å². The van der Waals surface area contributed by atoms with Gasteiger partial charge in [0.05, 0.1) is 0 Å². The van der Waals surface area contributed by atoms with Crippen LogP contribution in [0.3, 0.4) is 0 Å². The SMILES string of the molecule is CCCCN1C(=O)NC(=O)[C@@H]1c1ccsc1. The fourth-order valence-corrected chi connectivity index (χ4v) is 2.50. The minimum atomic E-state index is -0.426. The second-order valence-electron chi connectivity index (χ2n) is 3.80. The molecule has 1 aromatic heterocycles. The van der Waals surface area contributed by atoms with Gasteiger partial charge in [0, 0.05) is 6.54 Å². The molecule has 3 amide bonds. The lowest BCUT2D eigenvalue weighted by Crippen LogP contribution is -2.30. The van der Waals surface area contributed by atoms with E-state index in [-0.39, 0.29) is 11.9 Å². The number of urea groups is 1. The largest absolute Gasteiger partial charge is 0.325 e. The van der Waals surface area contributed by atoms with Crippen molar-refractivity contribution >= 4 is 23.3 Å². The standard InChI is InChI=1S/C11H14N2O2S/c1-2-3-5-13-9(8-4-6-16-7-8)10(14)12-11(13)15/h4,6-7,9H,2-3,5H2,1H3,(H,12,14,15)/t9-/m0/s1. The first-order valence-electron chi connectivity index (χ1n) is 5.37. The molecular weight excluding hydrogens is 224 g/mol. The first-order chi connectivity index (χ1) is 7.74. The number of carbonyl (C=O) groups excluding carboxylic acids is 2. The van der Waals surface area contributed by atoms with Gasteiger partial charge in [0.15, 0.2) is 0 Å². The summed E-state index contributed by atoms with van der Waals surface area (Å²) in [4.78, 5) is 24.9. The Bertz CT molecular complexity index is 389. The maximum absolute atomic E-state index is 11.7. The van der Waals surface area contributed by atoms with Crippen LogP contribution >= 0.6 is 11.3 Å². The number of unbranched alkanes of at least 4 members (excludes halogenated alkanes) is 1. The van der Waals surface area contributed by atoms with Crippen LogP contribution in [0.1, 0.15) is 31.4 Å². The van der Waals surface area contributed by atoms with Gasteiger partial charge in [0.2, 0.25) is 0 Å². The topological polar surface area (TPSA) is 49.4 Å². The van der Waals surface area contributed by atoms with Crippen LogP contribution in [-0.4, -0.2) is 23.4 Å².